The quantitative estimate of drug-likeness (QED) is 0.697. The van der Waals surface area contributed by atoms with Crippen molar-refractivity contribution in [3.05, 3.63) is 47.3 Å². The Morgan fingerprint density at radius 1 is 1.24 bits per heavy atom. The number of hydrogen-bond donors (Lipinski definition) is 0. The van der Waals surface area contributed by atoms with Gasteiger partial charge in [-0.05, 0) is 43.0 Å². The number of aromatic nitrogens is 2. The average Bonchev–Trinajstić information content (AvgIpc) is 3.42. The highest BCUT2D eigenvalue weighted by molar-refractivity contribution is 5.30. The Morgan fingerprint density at radius 2 is 2.07 bits per heavy atom. The first-order chi connectivity index (χ1) is 13.9. The van der Waals surface area contributed by atoms with Crippen molar-refractivity contribution >= 4 is 0 Å². The summed E-state index contributed by atoms with van der Waals surface area (Å²) in [6.07, 6.45) is -1.18. The van der Waals surface area contributed by atoms with Crippen LogP contribution in [0.2, 0.25) is 0 Å². The highest BCUT2D eigenvalue weighted by Gasteiger charge is 2.31. The molecule has 0 unspecified atom stereocenters. The van der Waals surface area contributed by atoms with Crippen molar-refractivity contribution in [1.82, 2.24) is 14.7 Å². The first-order valence-corrected chi connectivity index (χ1v) is 10.1. The van der Waals surface area contributed by atoms with Gasteiger partial charge in [-0.15, -0.1) is 0 Å². The molecule has 0 amide bonds. The second-order valence-electron chi connectivity index (χ2n) is 7.87. The van der Waals surface area contributed by atoms with Crippen molar-refractivity contribution in [3.8, 4) is 5.75 Å². The van der Waals surface area contributed by atoms with E-state index in [-0.39, 0.29) is 18.5 Å². The van der Waals surface area contributed by atoms with E-state index in [0.29, 0.717) is 13.0 Å². The fourth-order valence-corrected chi connectivity index (χ4v) is 3.67. The fourth-order valence-electron chi connectivity index (χ4n) is 3.67. The van der Waals surface area contributed by atoms with Crippen LogP contribution in [0.15, 0.2) is 30.3 Å². The molecule has 2 heterocycles. The van der Waals surface area contributed by atoms with Crippen LogP contribution >= 0.6 is 0 Å². The lowest BCUT2D eigenvalue weighted by Crippen LogP contribution is -2.39. The highest BCUT2D eigenvalue weighted by atomic mass is 19.4. The lowest BCUT2D eigenvalue weighted by Gasteiger charge is -2.32. The molecule has 8 heteroatoms. The zero-order valence-electron chi connectivity index (χ0n) is 16.5. The first kappa shape index (κ1) is 20.2. The van der Waals surface area contributed by atoms with Gasteiger partial charge in [0, 0.05) is 38.8 Å². The maximum atomic E-state index is 12.8. The van der Waals surface area contributed by atoms with Gasteiger partial charge < -0.3 is 9.47 Å². The third-order valence-electron chi connectivity index (χ3n) is 5.48. The highest BCUT2D eigenvalue weighted by Crippen LogP contribution is 2.32. The van der Waals surface area contributed by atoms with Crippen LogP contribution in [0, 0.1) is 5.92 Å². The van der Waals surface area contributed by atoms with Crippen LogP contribution in [0.3, 0.4) is 0 Å². The molecule has 1 aliphatic heterocycles. The largest absolute Gasteiger partial charge is 0.493 e. The van der Waals surface area contributed by atoms with E-state index in [2.05, 4.69) is 10.00 Å². The van der Waals surface area contributed by atoms with Gasteiger partial charge in [-0.25, -0.2) is 0 Å². The van der Waals surface area contributed by atoms with Gasteiger partial charge in [-0.2, -0.15) is 18.3 Å². The minimum Gasteiger partial charge on any atom is -0.493 e. The molecule has 4 rings (SSSR count). The second kappa shape index (κ2) is 8.36. The molecule has 2 fully saturated rings. The molecular weight excluding hydrogens is 383 g/mol. The van der Waals surface area contributed by atoms with E-state index in [1.54, 1.807) is 4.68 Å². The van der Waals surface area contributed by atoms with Crippen LogP contribution in [0.5, 0.6) is 5.75 Å². The van der Waals surface area contributed by atoms with E-state index in [9.17, 15) is 13.2 Å². The molecule has 0 N–H and O–H groups in total. The average molecular weight is 409 g/mol. The number of alkyl halides is 3. The van der Waals surface area contributed by atoms with Gasteiger partial charge in [0.2, 0.25) is 0 Å². The molecule has 2 aromatic rings. The second-order valence-corrected chi connectivity index (χ2v) is 7.87. The lowest BCUT2D eigenvalue weighted by atomic mass is 10.1. The van der Waals surface area contributed by atoms with E-state index in [0.717, 1.165) is 49.1 Å². The first-order valence-electron chi connectivity index (χ1n) is 10.1. The molecule has 2 aliphatic rings. The lowest BCUT2D eigenvalue weighted by molar-refractivity contribution is -0.137. The number of nitrogens with zero attached hydrogens (tertiary/aromatic N) is 3. The molecule has 0 spiro atoms. The van der Waals surface area contributed by atoms with Crippen molar-refractivity contribution in [2.75, 3.05) is 32.8 Å². The Bertz CT molecular complexity index is 833. The molecule has 158 valence electrons. The molecule has 1 saturated carbocycles. The summed E-state index contributed by atoms with van der Waals surface area (Å²) >= 11 is 0. The SMILES string of the molecule is Cn1nc([C@@H]2CN(CC3CC3)CCO2)cc1CCOc1cccc(C(F)(F)F)c1. The predicted molar refractivity (Wildman–Crippen MR) is 102 cm³/mol. The maximum Gasteiger partial charge on any atom is 0.416 e. The molecule has 1 aliphatic carbocycles. The molecule has 0 radical (unpaired) electrons. The summed E-state index contributed by atoms with van der Waals surface area (Å²) in [6.45, 7) is 3.96. The number of aryl methyl sites for hydroxylation is 1. The third-order valence-corrected chi connectivity index (χ3v) is 5.48. The Labute approximate surface area is 168 Å². The number of hydrogen-bond acceptors (Lipinski definition) is 4. The van der Waals surface area contributed by atoms with Gasteiger partial charge in [0.25, 0.3) is 0 Å². The van der Waals surface area contributed by atoms with E-state index in [1.807, 2.05) is 13.1 Å². The van der Waals surface area contributed by atoms with Crippen LogP contribution in [0.1, 0.15) is 35.9 Å². The number of ether oxygens (including phenoxy) is 2. The van der Waals surface area contributed by atoms with E-state index in [4.69, 9.17) is 9.47 Å². The Kier molecular flexibility index (Phi) is 5.83. The van der Waals surface area contributed by atoms with Crippen LogP contribution in [0.4, 0.5) is 13.2 Å². The third kappa shape index (κ3) is 5.30. The van der Waals surface area contributed by atoms with Gasteiger partial charge in [-0.3, -0.25) is 9.58 Å². The standard InChI is InChI=1S/C21H26F3N3O2/c1-26-17(7-9-28-18-4-2-3-16(11-18)21(22,23)24)12-19(25-26)20-14-27(8-10-29-20)13-15-5-6-15/h2-4,11-12,15,20H,5-10,13-14H2,1H3/t20-/m0/s1. The maximum absolute atomic E-state index is 12.8. The predicted octanol–water partition coefficient (Wildman–Crippen LogP) is 3.84. The molecule has 1 aromatic heterocycles. The van der Waals surface area contributed by atoms with Crippen LogP contribution in [0.25, 0.3) is 0 Å². The Balaban J connectivity index is 1.32. The van der Waals surface area contributed by atoms with Gasteiger partial charge in [0.05, 0.1) is 24.5 Å². The molecule has 29 heavy (non-hydrogen) atoms. The zero-order valence-corrected chi connectivity index (χ0v) is 16.5. The monoisotopic (exact) mass is 409 g/mol. The number of morpholine rings is 1. The fraction of sp³-hybridized carbons (Fsp3) is 0.571. The number of benzene rings is 1. The van der Waals surface area contributed by atoms with Crippen molar-refractivity contribution in [2.24, 2.45) is 13.0 Å². The van der Waals surface area contributed by atoms with Gasteiger partial charge in [0.1, 0.15) is 11.9 Å². The molecule has 0 bridgehead atoms. The topological polar surface area (TPSA) is 39.5 Å². The van der Waals surface area contributed by atoms with Crippen LogP contribution in [-0.4, -0.2) is 47.5 Å². The van der Waals surface area contributed by atoms with Gasteiger partial charge in [0.15, 0.2) is 0 Å². The molecular formula is C21H26F3N3O2. The van der Waals surface area contributed by atoms with Crippen LogP contribution < -0.4 is 4.74 Å². The summed E-state index contributed by atoms with van der Waals surface area (Å²) in [7, 11) is 1.87. The smallest absolute Gasteiger partial charge is 0.416 e. The normalized spacial score (nSPS) is 20.8. The summed E-state index contributed by atoms with van der Waals surface area (Å²) in [5.41, 5.74) is 1.17. The Morgan fingerprint density at radius 3 is 2.83 bits per heavy atom. The van der Waals surface area contributed by atoms with E-state index < -0.39 is 11.7 Å². The zero-order chi connectivity index (χ0) is 20.4. The summed E-state index contributed by atoms with van der Waals surface area (Å²) in [6, 6.07) is 6.97. The summed E-state index contributed by atoms with van der Waals surface area (Å²) in [5, 5.41) is 4.60. The van der Waals surface area contributed by atoms with Gasteiger partial charge in [-0.1, -0.05) is 6.07 Å². The summed E-state index contributed by atoms with van der Waals surface area (Å²) < 4.78 is 51.7. The number of halogens is 3. The molecule has 1 saturated heterocycles. The van der Waals surface area contributed by atoms with Crippen molar-refractivity contribution in [3.63, 3.8) is 0 Å². The Hall–Kier alpha value is -2.06. The molecule has 1 atom stereocenters. The number of rotatable bonds is 7. The minimum absolute atomic E-state index is 0.0353. The van der Waals surface area contributed by atoms with E-state index in [1.165, 1.54) is 25.0 Å². The van der Waals surface area contributed by atoms with Gasteiger partial charge >= 0.3 is 6.18 Å². The van der Waals surface area contributed by atoms with Crippen molar-refractivity contribution < 1.29 is 22.6 Å². The molecule has 5 nitrogen and oxygen atoms in total. The summed E-state index contributed by atoms with van der Waals surface area (Å²) in [4.78, 5) is 2.46. The summed E-state index contributed by atoms with van der Waals surface area (Å²) in [5.74, 6) is 1.06. The minimum atomic E-state index is -4.37. The molecule has 1 aromatic carbocycles. The van der Waals surface area contributed by atoms with Crippen molar-refractivity contribution in [2.45, 2.75) is 31.5 Å². The van der Waals surface area contributed by atoms with Crippen molar-refractivity contribution in [1.29, 1.82) is 0 Å². The van der Waals surface area contributed by atoms with Crippen LogP contribution in [-0.2, 0) is 24.4 Å². The van der Waals surface area contributed by atoms with E-state index >= 15 is 0 Å².